The van der Waals surface area contributed by atoms with Gasteiger partial charge in [-0.2, -0.15) is 0 Å². The van der Waals surface area contributed by atoms with Gasteiger partial charge < -0.3 is 15.2 Å². The van der Waals surface area contributed by atoms with Gasteiger partial charge in [-0.05, 0) is 49.4 Å². The molecule has 1 aromatic carbocycles. The van der Waals surface area contributed by atoms with E-state index in [0.717, 1.165) is 19.4 Å². The number of hydrogen-bond acceptors (Lipinski definition) is 4. The number of amides is 1. The predicted molar refractivity (Wildman–Crippen MR) is 109 cm³/mol. The predicted octanol–water partition coefficient (Wildman–Crippen LogP) is 4.00. The summed E-state index contributed by atoms with van der Waals surface area (Å²) >= 11 is 1.47. The summed E-state index contributed by atoms with van der Waals surface area (Å²) in [7, 11) is 2.25. The lowest BCUT2D eigenvalue weighted by Gasteiger charge is -2.45. The topological polar surface area (TPSA) is 61.0 Å². The number of carbonyl (C=O) groups excluding carboxylic acids is 1. The molecule has 2 aromatic heterocycles. The van der Waals surface area contributed by atoms with Crippen LogP contribution in [0.3, 0.4) is 0 Å². The summed E-state index contributed by atoms with van der Waals surface area (Å²) in [5.41, 5.74) is 4.20. The monoisotopic (exact) mass is 380 g/mol. The van der Waals surface area contributed by atoms with Crippen LogP contribution in [0, 0.1) is 5.92 Å². The Kier molecular flexibility index (Phi) is 4.25. The molecule has 1 saturated heterocycles. The fourth-order valence-corrected chi connectivity index (χ4v) is 5.61. The second kappa shape index (κ2) is 6.77. The van der Waals surface area contributed by atoms with Gasteiger partial charge >= 0.3 is 0 Å². The second-order valence-electron chi connectivity index (χ2n) is 7.93. The van der Waals surface area contributed by atoms with Gasteiger partial charge in [-0.1, -0.05) is 12.1 Å². The van der Waals surface area contributed by atoms with Gasteiger partial charge in [0.05, 0.1) is 0 Å². The highest BCUT2D eigenvalue weighted by Crippen LogP contribution is 2.45. The first-order valence-electron chi connectivity index (χ1n) is 9.67. The van der Waals surface area contributed by atoms with Crippen molar-refractivity contribution in [2.45, 2.75) is 37.6 Å². The molecule has 6 heteroatoms. The number of thiazole rings is 1. The van der Waals surface area contributed by atoms with Gasteiger partial charge in [0, 0.05) is 53.6 Å². The molecule has 3 atom stereocenters. The molecule has 0 spiro atoms. The van der Waals surface area contributed by atoms with Crippen molar-refractivity contribution in [1.82, 2.24) is 14.9 Å². The minimum Gasteiger partial charge on any atom is -0.361 e. The molecule has 2 aliphatic rings. The van der Waals surface area contributed by atoms with Crippen molar-refractivity contribution in [1.29, 1.82) is 0 Å². The van der Waals surface area contributed by atoms with Crippen LogP contribution in [0.25, 0.3) is 10.9 Å². The minimum absolute atomic E-state index is 0.0772. The van der Waals surface area contributed by atoms with Crippen LogP contribution in [-0.2, 0) is 11.2 Å². The molecular weight excluding hydrogens is 356 g/mol. The zero-order valence-electron chi connectivity index (χ0n) is 15.4. The summed E-state index contributed by atoms with van der Waals surface area (Å²) in [4.78, 5) is 22.3. The number of aromatic amines is 1. The third-order valence-corrected chi connectivity index (χ3v) is 6.96. The summed E-state index contributed by atoms with van der Waals surface area (Å²) in [6, 6.07) is 7.22. The summed E-state index contributed by atoms with van der Waals surface area (Å²) in [5.74, 6) is 1.19. The van der Waals surface area contributed by atoms with Crippen LogP contribution in [0.15, 0.2) is 36.0 Å². The largest absolute Gasteiger partial charge is 0.361 e. The number of benzene rings is 1. The first kappa shape index (κ1) is 17.0. The van der Waals surface area contributed by atoms with E-state index in [-0.39, 0.29) is 5.91 Å². The Morgan fingerprint density at radius 3 is 3.22 bits per heavy atom. The van der Waals surface area contributed by atoms with Gasteiger partial charge in [0.1, 0.15) is 0 Å². The van der Waals surface area contributed by atoms with Gasteiger partial charge in [-0.25, -0.2) is 4.98 Å². The van der Waals surface area contributed by atoms with Crippen molar-refractivity contribution < 1.29 is 4.79 Å². The van der Waals surface area contributed by atoms with Crippen LogP contribution in [0.2, 0.25) is 0 Å². The first-order chi connectivity index (χ1) is 13.2. The number of anilines is 1. The molecule has 0 bridgehead atoms. The number of likely N-dealkylation sites (N-methyl/N-ethyl adjacent to an activating group) is 1. The van der Waals surface area contributed by atoms with Gasteiger partial charge in [0.25, 0.3) is 0 Å². The van der Waals surface area contributed by atoms with Crippen molar-refractivity contribution in [2.75, 3.05) is 18.9 Å². The molecule has 27 heavy (non-hydrogen) atoms. The maximum Gasteiger partial charge on any atom is 0.226 e. The first-order valence-corrected chi connectivity index (χ1v) is 10.6. The Hall–Kier alpha value is -2.18. The van der Waals surface area contributed by atoms with Gasteiger partial charge in [0.2, 0.25) is 5.91 Å². The molecule has 1 amide bonds. The summed E-state index contributed by atoms with van der Waals surface area (Å²) in [6.07, 6.45) is 7.69. The average molecular weight is 381 g/mol. The Morgan fingerprint density at radius 1 is 1.44 bits per heavy atom. The number of H-pyrrole nitrogens is 1. The third kappa shape index (κ3) is 3.07. The quantitative estimate of drug-likeness (QED) is 0.719. The molecule has 5 nitrogen and oxygen atoms in total. The smallest absolute Gasteiger partial charge is 0.226 e. The number of aromatic nitrogens is 2. The van der Waals surface area contributed by atoms with Crippen LogP contribution in [0.4, 0.5) is 5.13 Å². The maximum absolute atomic E-state index is 12.2. The van der Waals surface area contributed by atoms with Crippen molar-refractivity contribution >= 4 is 33.3 Å². The SMILES string of the molecule is CN1CC(CCC(=O)Nc2nccs2)CC2c3cccc4[nH]cc(c34)CC21. The number of likely N-dealkylation sites (tertiary alicyclic amines) is 1. The lowest BCUT2D eigenvalue weighted by atomic mass is 9.71. The van der Waals surface area contributed by atoms with E-state index in [4.69, 9.17) is 0 Å². The van der Waals surface area contributed by atoms with E-state index in [0.29, 0.717) is 29.4 Å². The zero-order chi connectivity index (χ0) is 18.4. The fourth-order valence-electron chi connectivity index (χ4n) is 5.07. The summed E-state index contributed by atoms with van der Waals surface area (Å²) < 4.78 is 0. The van der Waals surface area contributed by atoms with E-state index in [1.165, 1.54) is 39.8 Å². The molecule has 0 radical (unpaired) electrons. The molecule has 140 valence electrons. The number of nitrogens with zero attached hydrogens (tertiary/aromatic N) is 2. The molecule has 1 aliphatic heterocycles. The zero-order valence-corrected chi connectivity index (χ0v) is 16.3. The van der Waals surface area contributed by atoms with Crippen molar-refractivity contribution in [3.63, 3.8) is 0 Å². The van der Waals surface area contributed by atoms with E-state index >= 15 is 0 Å². The highest BCUT2D eigenvalue weighted by molar-refractivity contribution is 7.13. The highest BCUT2D eigenvalue weighted by atomic mass is 32.1. The van der Waals surface area contributed by atoms with Crippen LogP contribution in [-0.4, -0.2) is 40.4 Å². The highest BCUT2D eigenvalue weighted by Gasteiger charge is 2.39. The molecule has 2 N–H and O–H groups in total. The molecule has 5 rings (SSSR count). The van der Waals surface area contributed by atoms with Crippen molar-refractivity contribution in [3.8, 4) is 0 Å². The van der Waals surface area contributed by atoms with E-state index in [1.807, 2.05) is 5.38 Å². The number of piperidine rings is 1. The molecule has 1 fully saturated rings. The molecule has 3 unspecified atom stereocenters. The molecule has 3 aromatic rings. The Bertz CT molecular complexity index is 964. The standard InChI is InChI=1S/C21H24N4OS/c1-25-12-13(5-6-19(26)24-21-22-7-8-27-21)9-16-15-3-2-4-17-20(15)14(11-23-17)10-18(16)25/h2-4,7-8,11,13,16,18,23H,5-6,9-10,12H2,1H3,(H,22,24,26). The molecule has 1 aliphatic carbocycles. The summed E-state index contributed by atoms with van der Waals surface area (Å²) in [6.45, 7) is 1.07. The molecular formula is C21H24N4OS. The van der Waals surface area contributed by atoms with Gasteiger partial charge in [-0.15, -0.1) is 11.3 Å². The van der Waals surface area contributed by atoms with Crippen LogP contribution in [0.5, 0.6) is 0 Å². The van der Waals surface area contributed by atoms with E-state index in [1.54, 1.807) is 6.20 Å². The third-order valence-electron chi connectivity index (χ3n) is 6.27. The van der Waals surface area contributed by atoms with Gasteiger partial charge in [-0.3, -0.25) is 4.79 Å². The minimum atomic E-state index is 0.0772. The van der Waals surface area contributed by atoms with E-state index in [9.17, 15) is 4.79 Å². The fraction of sp³-hybridized carbons (Fsp3) is 0.429. The lowest BCUT2D eigenvalue weighted by molar-refractivity contribution is -0.116. The number of hydrogen-bond donors (Lipinski definition) is 2. The Labute approximate surface area is 162 Å². The maximum atomic E-state index is 12.2. The van der Waals surface area contributed by atoms with Crippen molar-refractivity contribution in [2.24, 2.45) is 5.92 Å². The summed E-state index contributed by atoms with van der Waals surface area (Å²) in [5, 5.41) is 6.92. The van der Waals surface area contributed by atoms with E-state index in [2.05, 4.69) is 51.6 Å². The Morgan fingerprint density at radius 2 is 2.37 bits per heavy atom. The van der Waals surface area contributed by atoms with E-state index < -0.39 is 0 Å². The van der Waals surface area contributed by atoms with Gasteiger partial charge in [0.15, 0.2) is 5.13 Å². The molecule has 3 heterocycles. The number of nitrogens with one attached hydrogen (secondary N) is 2. The average Bonchev–Trinajstić information content (AvgIpc) is 3.32. The molecule has 0 saturated carbocycles. The lowest BCUT2D eigenvalue weighted by Crippen LogP contribution is -2.47. The number of fused-ring (bicyclic) bond motifs is 2. The van der Waals surface area contributed by atoms with Crippen LogP contribution >= 0.6 is 11.3 Å². The van der Waals surface area contributed by atoms with Crippen LogP contribution < -0.4 is 5.32 Å². The normalized spacial score (nSPS) is 24.7. The number of carbonyl (C=O) groups is 1. The second-order valence-corrected chi connectivity index (χ2v) is 8.82. The Balaban J connectivity index is 1.30. The van der Waals surface area contributed by atoms with Crippen LogP contribution in [0.1, 0.15) is 36.3 Å². The van der Waals surface area contributed by atoms with Crippen molar-refractivity contribution in [3.05, 3.63) is 47.1 Å². The number of rotatable bonds is 4.